The van der Waals surface area contributed by atoms with Gasteiger partial charge in [-0.15, -0.1) is 0 Å². The molecule has 1 aliphatic rings. The van der Waals surface area contributed by atoms with Crippen LogP contribution in [0, 0.1) is 5.92 Å². The van der Waals surface area contributed by atoms with E-state index in [2.05, 4.69) is 10.6 Å². The Kier molecular flexibility index (Phi) is 3.53. The fourth-order valence-corrected chi connectivity index (χ4v) is 1.48. The van der Waals surface area contributed by atoms with Crippen LogP contribution in [0.2, 0.25) is 0 Å². The number of piperidine rings is 1. The second-order valence-corrected chi connectivity index (χ2v) is 3.71. The van der Waals surface area contributed by atoms with Crippen molar-refractivity contribution in [2.75, 3.05) is 13.1 Å². The first-order valence-electron chi connectivity index (χ1n) is 4.71. The Morgan fingerprint density at radius 3 is 2.83 bits per heavy atom. The van der Waals surface area contributed by atoms with E-state index in [0.717, 1.165) is 25.9 Å². The highest BCUT2D eigenvalue weighted by Crippen LogP contribution is 2.09. The van der Waals surface area contributed by atoms with E-state index in [0.29, 0.717) is 0 Å². The van der Waals surface area contributed by atoms with E-state index in [1.165, 1.54) is 0 Å². The first-order chi connectivity index (χ1) is 5.70. The zero-order valence-corrected chi connectivity index (χ0v) is 7.89. The summed E-state index contributed by atoms with van der Waals surface area (Å²) in [5.74, 6) is 0.401. The molecule has 2 N–H and O–H groups in total. The maximum Gasteiger partial charge on any atom is 0.224 e. The molecule has 0 aromatic rings. The van der Waals surface area contributed by atoms with Gasteiger partial charge in [0, 0.05) is 12.6 Å². The molecule has 0 aromatic carbocycles. The van der Waals surface area contributed by atoms with Gasteiger partial charge in [-0.3, -0.25) is 4.79 Å². The van der Waals surface area contributed by atoms with Gasteiger partial charge in [0.05, 0.1) is 5.92 Å². The average molecular weight is 170 g/mol. The lowest BCUT2D eigenvalue weighted by molar-refractivity contribution is -0.125. The smallest absolute Gasteiger partial charge is 0.224 e. The monoisotopic (exact) mass is 170 g/mol. The van der Waals surface area contributed by atoms with Gasteiger partial charge in [-0.25, -0.2) is 0 Å². The minimum atomic E-state index is 0.196. The lowest BCUT2D eigenvalue weighted by atomic mass is 9.98. The van der Waals surface area contributed by atoms with E-state index >= 15 is 0 Å². The summed E-state index contributed by atoms with van der Waals surface area (Å²) < 4.78 is 0. The first kappa shape index (κ1) is 9.52. The highest BCUT2D eigenvalue weighted by molar-refractivity contribution is 5.79. The molecule has 1 aliphatic heterocycles. The predicted molar refractivity (Wildman–Crippen MR) is 48.9 cm³/mol. The van der Waals surface area contributed by atoms with Crippen molar-refractivity contribution in [2.24, 2.45) is 5.92 Å². The lowest BCUT2D eigenvalue weighted by Gasteiger charge is -2.22. The lowest BCUT2D eigenvalue weighted by Crippen LogP contribution is -2.42. The molecule has 1 saturated heterocycles. The van der Waals surface area contributed by atoms with Crippen molar-refractivity contribution in [3.05, 3.63) is 0 Å². The van der Waals surface area contributed by atoms with Gasteiger partial charge >= 0.3 is 0 Å². The number of hydrogen-bond acceptors (Lipinski definition) is 2. The van der Waals surface area contributed by atoms with Crippen molar-refractivity contribution in [3.63, 3.8) is 0 Å². The van der Waals surface area contributed by atoms with Gasteiger partial charge in [0.1, 0.15) is 0 Å². The third-order valence-electron chi connectivity index (χ3n) is 2.10. The van der Waals surface area contributed by atoms with Gasteiger partial charge in [-0.2, -0.15) is 0 Å². The van der Waals surface area contributed by atoms with E-state index in [1.54, 1.807) is 0 Å². The number of amides is 1. The van der Waals surface area contributed by atoms with Crippen molar-refractivity contribution in [1.29, 1.82) is 0 Å². The highest BCUT2D eigenvalue weighted by Gasteiger charge is 2.20. The molecule has 0 aliphatic carbocycles. The predicted octanol–water partition coefficient (Wildman–Crippen LogP) is 0.511. The second kappa shape index (κ2) is 4.45. The maximum atomic E-state index is 11.5. The Bertz CT molecular complexity index is 151. The van der Waals surface area contributed by atoms with Gasteiger partial charge in [0.25, 0.3) is 0 Å². The molecule has 0 spiro atoms. The van der Waals surface area contributed by atoms with Crippen LogP contribution in [0.25, 0.3) is 0 Å². The van der Waals surface area contributed by atoms with Crippen LogP contribution in [0.5, 0.6) is 0 Å². The molecule has 12 heavy (non-hydrogen) atoms. The van der Waals surface area contributed by atoms with Crippen molar-refractivity contribution in [3.8, 4) is 0 Å². The summed E-state index contributed by atoms with van der Waals surface area (Å²) in [5.41, 5.74) is 0. The topological polar surface area (TPSA) is 41.1 Å². The van der Waals surface area contributed by atoms with Gasteiger partial charge < -0.3 is 10.6 Å². The van der Waals surface area contributed by atoms with Crippen LogP contribution in [0.15, 0.2) is 0 Å². The van der Waals surface area contributed by atoms with Crippen LogP contribution in [-0.4, -0.2) is 25.0 Å². The van der Waals surface area contributed by atoms with Gasteiger partial charge in [-0.1, -0.05) is 0 Å². The summed E-state index contributed by atoms with van der Waals surface area (Å²) in [4.78, 5) is 11.5. The fourth-order valence-electron chi connectivity index (χ4n) is 1.48. The first-order valence-corrected chi connectivity index (χ1v) is 4.71. The van der Waals surface area contributed by atoms with Crippen molar-refractivity contribution in [2.45, 2.75) is 32.7 Å². The van der Waals surface area contributed by atoms with Crippen molar-refractivity contribution in [1.82, 2.24) is 10.6 Å². The number of carbonyl (C=O) groups excluding carboxylic acids is 1. The normalized spacial score (nSPS) is 24.1. The summed E-state index contributed by atoms with van der Waals surface area (Å²) in [7, 11) is 0. The minimum Gasteiger partial charge on any atom is -0.354 e. The van der Waals surface area contributed by atoms with Crippen molar-refractivity contribution < 1.29 is 4.79 Å². The zero-order valence-electron chi connectivity index (χ0n) is 7.89. The van der Waals surface area contributed by atoms with E-state index in [1.807, 2.05) is 13.8 Å². The molecular weight excluding hydrogens is 152 g/mol. The van der Waals surface area contributed by atoms with Gasteiger partial charge in [0.2, 0.25) is 5.91 Å². The Morgan fingerprint density at radius 2 is 2.33 bits per heavy atom. The molecule has 0 saturated carbocycles. The number of rotatable bonds is 2. The van der Waals surface area contributed by atoms with E-state index in [-0.39, 0.29) is 17.9 Å². The van der Waals surface area contributed by atoms with E-state index < -0.39 is 0 Å². The van der Waals surface area contributed by atoms with E-state index in [9.17, 15) is 4.79 Å². The molecule has 3 nitrogen and oxygen atoms in total. The largest absolute Gasteiger partial charge is 0.354 e. The summed E-state index contributed by atoms with van der Waals surface area (Å²) in [6.07, 6.45) is 2.15. The summed E-state index contributed by atoms with van der Waals surface area (Å²) >= 11 is 0. The quantitative estimate of drug-likeness (QED) is 0.634. The SMILES string of the molecule is CC(C)NC(=O)[C@H]1CCCNC1. The maximum absolute atomic E-state index is 11.5. The Balaban J connectivity index is 2.30. The molecule has 1 heterocycles. The molecule has 1 fully saturated rings. The standard InChI is InChI=1S/C9H18N2O/c1-7(2)11-9(12)8-4-3-5-10-6-8/h7-8,10H,3-6H2,1-2H3,(H,11,12)/t8-/m0/s1. The number of nitrogens with one attached hydrogen (secondary N) is 2. The molecule has 3 heteroatoms. The molecule has 1 atom stereocenters. The van der Waals surface area contributed by atoms with Crippen molar-refractivity contribution >= 4 is 5.91 Å². The molecule has 0 unspecified atom stereocenters. The van der Waals surface area contributed by atoms with Crippen LogP contribution >= 0.6 is 0 Å². The summed E-state index contributed by atoms with van der Waals surface area (Å²) in [6, 6.07) is 0.263. The fraction of sp³-hybridized carbons (Fsp3) is 0.889. The molecule has 1 rings (SSSR count). The molecule has 0 aromatic heterocycles. The molecule has 0 bridgehead atoms. The second-order valence-electron chi connectivity index (χ2n) is 3.71. The number of carbonyl (C=O) groups is 1. The third-order valence-corrected chi connectivity index (χ3v) is 2.10. The molecule has 0 radical (unpaired) electrons. The minimum absolute atomic E-state index is 0.196. The molecular formula is C9H18N2O. The third kappa shape index (κ3) is 2.81. The Hall–Kier alpha value is -0.570. The summed E-state index contributed by atoms with van der Waals surface area (Å²) in [5, 5.41) is 6.16. The van der Waals surface area contributed by atoms with Crippen LogP contribution in [0.3, 0.4) is 0 Å². The zero-order chi connectivity index (χ0) is 8.97. The van der Waals surface area contributed by atoms with Gasteiger partial charge in [0.15, 0.2) is 0 Å². The van der Waals surface area contributed by atoms with Crippen LogP contribution < -0.4 is 10.6 Å². The van der Waals surface area contributed by atoms with Gasteiger partial charge in [-0.05, 0) is 33.2 Å². The summed E-state index contributed by atoms with van der Waals surface area (Å²) in [6.45, 7) is 5.90. The van der Waals surface area contributed by atoms with Crippen LogP contribution in [-0.2, 0) is 4.79 Å². The highest BCUT2D eigenvalue weighted by atomic mass is 16.1. The van der Waals surface area contributed by atoms with Crippen LogP contribution in [0.4, 0.5) is 0 Å². The average Bonchev–Trinajstić information content (AvgIpc) is 2.05. The molecule has 1 amide bonds. The Labute approximate surface area is 73.9 Å². The Morgan fingerprint density at radius 1 is 1.58 bits per heavy atom. The number of hydrogen-bond donors (Lipinski definition) is 2. The van der Waals surface area contributed by atoms with Crippen LogP contribution in [0.1, 0.15) is 26.7 Å². The van der Waals surface area contributed by atoms with E-state index in [4.69, 9.17) is 0 Å². The molecule has 70 valence electrons.